The van der Waals surface area contributed by atoms with Crippen molar-refractivity contribution in [1.29, 1.82) is 0 Å². The summed E-state index contributed by atoms with van der Waals surface area (Å²) in [7, 11) is 0. The molecular formula is C14H19NO3S. The molecule has 1 rings (SSSR count). The lowest BCUT2D eigenvalue weighted by molar-refractivity contribution is -0.142. The van der Waals surface area contributed by atoms with Crippen molar-refractivity contribution < 1.29 is 14.7 Å². The van der Waals surface area contributed by atoms with Gasteiger partial charge < -0.3 is 10.4 Å². The van der Waals surface area contributed by atoms with Crippen molar-refractivity contribution in [3.8, 4) is 0 Å². The van der Waals surface area contributed by atoms with Crippen molar-refractivity contribution in [1.82, 2.24) is 5.32 Å². The Kier molecular flexibility index (Phi) is 6.42. The van der Waals surface area contributed by atoms with Gasteiger partial charge in [0.05, 0.1) is 0 Å². The molecule has 4 nitrogen and oxygen atoms in total. The molecule has 1 amide bonds. The first-order valence-corrected chi connectivity index (χ1v) is 7.55. The van der Waals surface area contributed by atoms with Crippen LogP contribution in [0.1, 0.15) is 24.8 Å². The van der Waals surface area contributed by atoms with E-state index in [0.717, 1.165) is 5.56 Å². The Morgan fingerprint density at radius 3 is 2.42 bits per heavy atom. The minimum atomic E-state index is -0.996. The zero-order chi connectivity index (χ0) is 14.3. The predicted octanol–water partition coefficient (Wildman–Crippen LogP) is 2.11. The van der Waals surface area contributed by atoms with E-state index < -0.39 is 12.0 Å². The quantitative estimate of drug-likeness (QED) is 0.803. The van der Waals surface area contributed by atoms with Crippen molar-refractivity contribution in [3.63, 3.8) is 0 Å². The highest BCUT2D eigenvalue weighted by atomic mass is 32.2. The number of carbonyl (C=O) groups is 2. The topological polar surface area (TPSA) is 66.4 Å². The van der Waals surface area contributed by atoms with Crippen LogP contribution in [-0.2, 0) is 9.59 Å². The average Bonchev–Trinajstić information content (AvgIpc) is 2.43. The molecule has 0 saturated carbocycles. The maximum Gasteiger partial charge on any atom is 0.326 e. The number of amides is 1. The Morgan fingerprint density at radius 1 is 1.32 bits per heavy atom. The number of nitrogens with one attached hydrogen (secondary N) is 1. The van der Waals surface area contributed by atoms with E-state index in [4.69, 9.17) is 0 Å². The smallest absolute Gasteiger partial charge is 0.326 e. The van der Waals surface area contributed by atoms with Crippen LogP contribution in [0.5, 0.6) is 0 Å². The van der Waals surface area contributed by atoms with Crippen LogP contribution in [0.2, 0.25) is 0 Å². The fraction of sp³-hybridized carbons (Fsp3) is 0.429. The maximum absolute atomic E-state index is 11.5. The molecule has 0 aromatic heterocycles. The fourth-order valence-electron chi connectivity index (χ4n) is 1.87. The van der Waals surface area contributed by atoms with Crippen molar-refractivity contribution in [2.45, 2.75) is 25.3 Å². The molecule has 0 fully saturated rings. The highest BCUT2D eigenvalue weighted by molar-refractivity contribution is 7.98. The zero-order valence-electron chi connectivity index (χ0n) is 11.1. The number of hydrogen-bond donors (Lipinski definition) is 2. The van der Waals surface area contributed by atoms with Gasteiger partial charge in [-0.2, -0.15) is 11.8 Å². The van der Waals surface area contributed by atoms with Crippen LogP contribution >= 0.6 is 11.8 Å². The summed E-state index contributed by atoms with van der Waals surface area (Å²) in [5.74, 6) is -0.825. The Balaban J connectivity index is 2.99. The highest BCUT2D eigenvalue weighted by Gasteiger charge is 2.30. The third-order valence-corrected chi connectivity index (χ3v) is 3.57. The normalized spacial score (nSPS) is 13.6. The minimum Gasteiger partial charge on any atom is -0.480 e. The number of aliphatic carboxylic acids is 1. The number of carboxylic acid groups (broad SMARTS) is 1. The van der Waals surface area contributed by atoms with Gasteiger partial charge in [-0.3, -0.25) is 4.79 Å². The van der Waals surface area contributed by atoms with E-state index in [1.54, 1.807) is 18.7 Å². The molecular weight excluding hydrogens is 262 g/mol. The van der Waals surface area contributed by atoms with Gasteiger partial charge in [0.15, 0.2) is 0 Å². The number of thioether (sulfide) groups is 1. The Bertz CT molecular complexity index is 422. The second-order valence-corrected chi connectivity index (χ2v) is 5.12. The third kappa shape index (κ3) is 4.59. The van der Waals surface area contributed by atoms with Crippen molar-refractivity contribution in [3.05, 3.63) is 35.9 Å². The van der Waals surface area contributed by atoms with E-state index in [2.05, 4.69) is 5.32 Å². The lowest BCUT2D eigenvalue weighted by Gasteiger charge is -2.24. The van der Waals surface area contributed by atoms with E-state index in [9.17, 15) is 14.7 Å². The molecule has 104 valence electrons. The monoisotopic (exact) mass is 281 g/mol. The average molecular weight is 281 g/mol. The second-order valence-electron chi connectivity index (χ2n) is 4.21. The van der Waals surface area contributed by atoms with E-state index in [-0.39, 0.29) is 18.2 Å². The van der Waals surface area contributed by atoms with Crippen molar-refractivity contribution >= 4 is 23.6 Å². The number of hydrogen-bond acceptors (Lipinski definition) is 3. The van der Waals surface area contributed by atoms with Crippen LogP contribution in [0.3, 0.4) is 0 Å². The van der Waals surface area contributed by atoms with Crippen LogP contribution in [0.4, 0.5) is 0 Å². The van der Waals surface area contributed by atoms with Gasteiger partial charge in [0.1, 0.15) is 6.04 Å². The summed E-state index contributed by atoms with van der Waals surface area (Å²) in [6.07, 6.45) is 2.21. The zero-order valence-corrected chi connectivity index (χ0v) is 11.9. The molecule has 0 radical (unpaired) electrons. The molecule has 0 aliphatic rings. The van der Waals surface area contributed by atoms with Gasteiger partial charge in [-0.25, -0.2) is 4.79 Å². The largest absolute Gasteiger partial charge is 0.480 e. The molecule has 5 heteroatoms. The van der Waals surface area contributed by atoms with Gasteiger partial charge >= 0.3 is 5.97 Å². The number of carbonyl (C=O) groups excluding carboxylic acids is 1. The number of benzene rings is 1. The molecule has 0 aliphatic carbocycles. The molecule has 1 aromatic rings. The SMILES string of the molecule is CCC(=O)N[C@H](C(=O)O)C(CSC)c1ccccc1. The summed E-state index contributed by atoms with van der Waals surface area (Å²) in [6, 6.07) is 8.55. The molecule has 0 spiro atoms. The van der Waals surface area contributed by atoms with Gasteiger partial charge in [0.25, 0.3) is 0 Å². The van der Waals surface area contributed by atoms with Crippen LogP contribution in [-0.4, -0.2) is 35.0 Å². The first-order chi connectivity index (χ1) is 9.10. The first kappa shape index (κ1) is 15.6. The summed E-state index contributed by atoms with van der Waals surface area (Å²) in [5.41, 5.74) is 0.931. The Hall–Kier alpha value is -1.49. The Morgan fingerprint density at radius 2 is 1.95 bits per heavy atom. The third-order valence-electron chi connectivity index (χ3n) is 2.88. The van der Waals surface area contributed by atoms with Gasteiger partial charge in [0, 0.05) is 18.1 Å². The number of carboxylic acids is 1. The van der Waals surface area contributed by atoms with Crippen LogP contribution in [0.15, 0.2) is 30.3 Å². The predicted molar refractivity (Wildman–Crippen MR) is 77.4 cm³/mol. The van der Waals surface area contributed by atoms with Gasteiger partial charge in [-0.1, -0.05) is 37.3 Å². The molecule has 0 heterocycles. The molecule has 0 bridgehead atoms. The van der Waals surface area contributed by atoms with Crippen LogP contribution in [0, 0.1) is 0 Å². The number of rotatable bonds is 7. The summed E-state index contributed by atoms with van der Waals surface area (Å²) in [4.78, 5) is 22.9. The molecule has 2 N–H and O–H groups in total. The molecule has 1 unspecified atom stereocenters. The lowest BCUT2D eigenvalue weighted by atomic mass is 9.93. The van der Waals surface area contributed by atoms with Crippen molar-refractivity contribution in [2.24, 2.45) is 0 Å². The standard InChI is InChI=1S/C14H19NO3S/c1-3-12(16)15-13(14(17)18)11(9-19-2)10-7-5-4-6-8-10/h4-8,11,13H,3,9H2,1-2H3,(H,15,16)(H,17,18)/t11?,13-/m0/s1. The summed E-state index contributed by atoms with van der Waals surface area (Å²) < 4.78 is 0. The first-order valence-electron chi connectivity index (χ1n) is 6.16. The molecule has 0 aliphatic heterocycles. The summed E-state index contributed by atoms with van der Waals surface area (Å²) in [5, 5.41) is 11.9. The highest BCUT2D eigenvalue weighted by Crippen LogP contribution is 2.24. The van der Waals surface area contributed by atoms with Crippen molar-refractivity contribution in [2.75, 3.05) is 12.0 Å². The summed E-state index contributed by atoms with van der Waals surface area (Å²) in [6.45, 7) is 1.71. The second kappa shape index (κ2) is 7.84. The van der Waals surface area contributed by atoms with E-state index in [0.29, 0.717) is 5.75 Å². The minimum absolute atomic E-state index is 0.232. The van der Waals surface area contributed by atoms with E-state index >= 15 is 0 Å². The van der Waals surface area contributed by atoms with Crippen LogP contribution in [0.25, 0.3) is 0 Å². The van der Waals surface area contributed by atoms with Gasteiger partial charge in [-0.05, 0) is 11.8 Å². The van der Waals surface area contributed by atoms with E-state index in [1.165, 1.54) is 0 Å². The molecule has 0 saturated heterocycles. The maximum atomic E-state index is 11.5. The molecule has 2 atom stereocenters. The Labute approximate surface area is 117 Å². The molecule has 1 aromatic carbocycles. The van der Waals surface area contributed by atoms with Gasteiger partial charge in [0.2, 0.25) is 5.91 Å². The van der Waals surface area contributed by atoms with Crippen LogP contribution < -0.4 is 5.32 Å². The van der Waals surface area contributed by atoms with E-state index in [1.807, 2.05) is 36.6 Å². The van der Waals surface area contributed by atoms with Gasteiger partial charge in [-0.15, -0.1) is 0 Å². The molecule has 19 heavy (non-hydrogen) atoms. The summed E-state index contributed by atoms with van der Waals surface area (Å²) >= 11 is 1.57. The lowest BCUT2D eigenvalue weighted by Crippen LogP contribution is -2.45. The fourth-order valence-corrected chi connectivity index (χ4v) is 2.62.